The van der Waals surface area contributed by atoms with Gasteiger partial charge in [-0.3, -0.25) is 4.79 Å². The second-order valence-corrected chi connectivity index (χ2v) is 6.13. The number of rotatable bonds is 11. The minimum atomic E-state index is -2.64. The van der Waals surface area contributed by atoms with E-state index in [1.54, 1.807) is 12.1 Å². The van der Waals surface area contributed by atoms with Crippen LogP contribution in [0.5, 0.6) is 5.75 Å². The maximum Gasteiger partial charge on any atom is 0.348 e. The fourth-order valence-corrected chi connectivity index (χ4v) is 2.47. The first kappa shape index (κ1) is 21.1. The fourth-order valence-electron chi connectivity index (χ4n) is 2.47. The molecule has 3 unspecified atom stereocenters. The van der Waals surface area contributed by atoms with E-state index in [0.29, 0.717) is 5.75 Å². The molecule has 0 aromatic heterocycles. The van der Waals surface area contributed by atoms with Crippen LogP contribution in [0.15, 0.2) is 24.3 Å². The van der Waals surface area contributed by atoms with Crippen molar-refractivity contribution in [3.05, 3.63) is 29.8 Å². The number of aliphatic hydroxyl groups is 2. The van der Waals surface area contributed by atoms with Gasteiger partial charge in [-0.25, -0.2) is 4.79 Å². The SMILES string of the molecule is CCCCC(CC)COC(=O)C(O)(C=O)C(O)c1ccc(OC)cc1. The molecule has 1 aromatic rings. The van der Waals surface area contributed by atoms with Gasteiger partial charge >= 0.3 is 5.97 Å². The van der Waals surface area contributed by atoms with E-state index >= 15 is 0 Å². The Morgan fingerprint density at radius 1 is 1.28 bits per heavy atom. The van der Waals surface area contributed by atoms with Crippen LogP contribution in [-0.2, 0) is 14.3 Å². The molecular formula is C19H28O6. The van der Waals surface area contributed by atoms with Gasteiger partial charge in [0.1, 0.15) is 11.9 Å². The van der Waals surface area contributed by atoms with E-state index < -0.39 is 17.7 Å². The van der Waals surface area contributed by atoms with Crippen LogP contribution in [0.4, 0.5) is 0 Å². The van der Waals surface area contributed by atoms with Gasteiger partial charge in [0, 0.05) is 0 Å². The quantitative estimate of drug-likeness (QED) is 0.361. The lowest BCUT2D eigenvalue weighted by Gasteiger charge is -2.26. The highest BCUT2D eigenvalue weighted by molar-refractivity contribution is 5.97. The third-order valence-corrected chi connectivity index (χ3v) is 4.35. The minimum absolute atomic E-state index is 0.0250. The predicted octanol–water partition coefficient (Wildman–Crippen LogP) is 2.42. The zero-order valence-corrected chi connectivity index (χ0v) is 15.1. The first-order valence-corrected chi connectivity index (χ1v) is 8.60. The Morgan fingerprint density at radius 3 is 2.40 bits per heavy atom. The van der Waals surface area contributed by atoms with Gasteiger partial charge in [0.05, 0.1) is 13.7 Å². The van der Waals surface area contributed by atoms with Crippen LogP contribution in [0.3, 0.4) is 0 Å². The molecule has 0 aliphatic rings. The molecule has 0 heterocycles. The Balaban J connectivity index is 2.80. The summed E-state index contributed by atoms with van der Waals surface area (Å²) in [5, 5.41) is 20.7. The zero-order chi connectivity index (χ0) is 18.9. The van der Waals surface area contributed by atoms with Gasteiger partial charge in [0.15, 0.2) is 6.29 Å². The molecule has 1 aromatic carbocycles. The minimum Gasteiger partial charge on any atom is -0.497 e. The van der Waals surface area contributed by atoms with Gasteiger partial charge in [-0.05, 0) is 30.0 Å². The van der Waals surface area contributed by atoms with E-state index in [-0.39, 0.29) is 24.4 Å². The largest absolute Gasteiger partial charge is 0.497 e. The standard InChI is InChI=1S/C19H28O6/c1-4-6-7-14(5-2)12-25-18(22)19(23,13-20)17(21)15-8-10-16(24-3)11-9-15/h8-11,13-14,17,21,23H,4-7,12H2,1-3H3. The van der Waals surface area contributed by atoms with Crippen molar-refractivity contribution >= 4 is 12.3 Å². The number of esters is 1. The van der Waals surface area contributed by atoms with E-state index in [1.807, 2.05) is 6.92 Å². The number of benzene rings is 1. The lowest BCUT2D eigenvalue weighted by molar-refractivity contribution is -0.179. The molecule has 0 amide bonds. The molecule has 1 rings (SSSR count). The van der Waals surface area contributed by atoms with Crippen molar-refractivity contribution in [3.8, 4) is 5.75 Å². The third-order valence-electron chi connectivity index (χ3n) is 4.35. The summed E-state index contributed by atoms with van der Waals surface area (Å²) in [4.78, 5) is 23.6. The van der Waals surface area contributed by atoms with Crippen LogP contribution in [-0.4, -0.2) is 41.8 Å². The number of carbonyl (C=O) groups is 2. The number of aliphatic hydroxyl groups excluding tert-OH is 1. The Kier molecular flexibility index (Phi) is 8.58. The summed E-state index contributed by atoms with van der Waals surface area (Å²) in [6, 6.07) is 6.07. The molecule has 25 heavy (non-hydrogen) atoms. The Morgan fingerprint density at radius 2 is 1.92 bits per heavy atom. The Bertz CT molecular complexity index is 541. The molecule has 6 nitrogen and oxygen atoms in total. The lowest BCUT2D eigenvalue weighted by atomic mass is 9.92. The third kappa shape index (κ3) is 5.54. The van der Waals surface area contributed by atoms with Gasteiger partial charge in [-0.15, -0.1) is 0 Å². The summed E-state index contributed by atoms with van der Waals surface area (Å²) in [5.74, 6) is -0.423. The summed E-state index contributed by atoms with van der Waals surface area (Å²) in [5.41, 5.74) is -2.43. The topological polar surface area (TPSA) is 93.1 Å². The molecule has 6 heteroatoms. The van der Waals surface area contributed by atoms with Gasteiger partial charge in [-0.1, -0.05) is 45.2 Å². The van der Waals surface area contributed by atoms with Crippen molar-refractivity contribution < 1.29 is 29.3 Å². The summed E-state index contributed by atoms with van der Waals surface area (Å²) in [7, 11) is 1.49. The molecule has 0 aliphatic carbocycles. The van der Waals surface area contributed by atoms with Crippen LogP contribution in [0.2, 0.25) is 0 Å². The van der Waals surface area contributed by atoms with E-state index in [2.05, 4.69) is 6.92 Å². The average Bonchev–Trinajstić information content (AvgIpc) is 2.66. The molecular weight excluding hydrogens is 324 g/mol. The van der Waals surface area contributed by atoms with Crippen LogP contribution >= 0.6 is 0 Å². The fraction of sp³-hybridized carbons (Fsp3) is 0.579. The highest BCUT2D eigenvalue weighted by Gasteiger charge is 2.46. The number of hydrogen-bond acceptors (Lipinski definition) is 6. The van der Waals surface area contributed by atoms with Gasteiger partial charge in [-0.2, -0.15) is 0 Å². The molecule has 3 atom stereocenters. The number of methoxy groups -OCH3 is 1. The molecule has 0 saturated carbocycles. The summed E-state index contributed by atoms with van der Waals surface area (Å²) < 4.78 is 10.1. The first-order valence-electron chi connectivity index (χ1n) is 8.60. The molecule has 0 radical (unpaired) electrons. The molecule has 2 N–H and O–H groups in total. The van der Waals surface area contributed by atoms with E-state index in [4.69, 9.17) is 9.47 Å². The van der Waals surface area contributed by atoms with Crippen molar-refractivity contribution in [1.29, 1.82) is 0 Å². The molecule has 0 fully saturated rings. The number of aldehydes is 1. The molecule has 0 bridgehead atoms. The van der Waals surface area contributed by atoms with Gasteiger partial charge < -0.3 is 19.7 Å². The average molecular weight is 352 g/mol. The predicted molar refractivity (Wildman–Crippen MR) is 93.2 cm³/mol. The van der Waals surface area contributed by atoms with Crippen LogP contribution in [0.25, 0.3) is 0 Å². The second-order valence-electron chi connectivity index (χ2n) is 6.13. The second kappa shape index (κ2) is 10.2. The van der Waals surface area contributed by atoms with Crippen molar-refractivity contribution in [2.45, 2.75) is 51.2 Å². The lowest BCUT2D eigenvalue weighted by Crippen LogP contribution is -2.47. The van der Waals surface area contributed by atoms with Crippen molar-refractivity contribution in [2.75, 3.05) is 13.7 Å². The number of hydrogen-bond donors (Lipinski definition) is 2. The molecule has 0 aliphatic heterocycles. The first-order chi connectivity index (χ1) is 11.9. The van der Waals surface area contributed by atoms with Crippen molar-refractivity contribution in [2.24, 2.45) is 5.92 Å². The Labute approximate surface area is 148 Å². The van der Waals surface area contributed by atoms with E-state index in [1.165, 1.54) is 19.2 Å². The van der Waals surface area contributed by atoms with Crippen LogP contribution < -0.4 is 4.74 Å². The van der Waals surface area contributed by atoms with Gasteiger partial charge in [0.2, 0.25) is 5.60 Å². The number of carbonyl (C=O) groups excluding carboxylic acids is 2. The Hall–Kier alpha value is -1.92. The monoisotopic (exact) mass is 352 g/mol. The maximum atomic E-state index is 12.2. The molecule has 0 saturated heterocycles. The van der Waals surface area contributed by atoms with E-state index in [0.717, 1.165) is 25.7 Å². The highest BCUT2D eigenvalue weighted by Crippen LogP contribution is 2.28. The normalized spacial score (nSPS) is 15.7. The maximum absolute atomic E-state index is 12.2. The number of unbranched alkanes of at least 4 members (excludes halogenated alkanes) is 1. The molecule has 140 valence electrons. The molecule has 0 spiro atoms. The smallest absolute Gasteiger partial charge is 0.348 e. The van der Waals surface area contributed by atoms with E-state index in [9.17, 15) is 19.8 Å². The van der Waals surface area contributed by atoms with Crippen molar-refractivity contribution in [3.63, 3.8) is 0 Å². The van der Waals surface area contributed by atoms with Crippen molar-refractivity contribution in [1.82, 2.24) is 0 Å². The summed E-state index contributed by atoms with van der Waals surface area (Å²) >= 11 is 0. The number of ether oxygens (including phenoxy) is 2. The zero-order valence-electron chi connectivity index (χ0n) is 15.1. The summed E-state index contributed by atoms with van der Waals surface area (Å²) in [6.07, 6.45) is 2.09. The highest BCUT2D eigenvalue weighted by atomic mass is 16.6. The van der Waals surface area contributed by atoms with Gasteiger partial charge in [0.25, 0.3) is 0 Å². The van der Waals surface area contributed by atoms with Crippen LogP contribution in [0.1, 0.15) is 51.2 Å². The summed E-state index contributed by atoms with van der Waals surface area (Å²) in [6.45, 7) is 4.18. The van der Waals surface area contributed by atoms with Crippen LogP contribution in [0, 0.1) is 5.92 Å².